The van der Waals surface area contributed by atoms with Gasteiger partial charge in [-0.3, -0.25) is 14.5 Å². The van der Waals surface area contributed by atoms with Crippen LogP contribution in [0.4, 0.5) is 11.4 Å². The first kappa shape index (κ1) is 19.0. The summed E-state index contributed by atoms with van der Waals surface area (Å²) >= 11 is 6.08. The third kappa shape index (κ3) is 3.29. The first-order valence-electron chi connectivity index (χ1n) is 9.74. The summed E-state index contributed by atoms with van der Waals surface area (Å²) in [5.74, 6) is -0.155. The normalized spacial score (nSPS) is 18.6. The van der Waals surface area contributed by atoms with Crippen molar-refractivity contribution in [2.45, 2.75) is 44.2 Å². The van der Waals surface area contributed by atoms with Gasteiger partial charge in [-0.25, -0.2) is 0 Å². The van der Waals surface area contributed by atoms with E-state index in [1.807, 2.05) is 55.5 Å². The van der Waals surface area contributed by atoms with Crippen LogP contribution in [-0.4, -0.2) is 23.9 Å². The lowest BCUT2D eigenvalue weighted by molar-refractivity contribution is -0.127. The summed E-state index contributed by atoms with van der Waals surface area (Å²) in [6.07, 6.45) is 3.29. The summed E-state index contributed by atoms with van der Waals surface area (Å²) in [6, 6.07) is 15.1. The predicted molar refractivity (Wildman–Crippen MR) is 112 cm³/mol. The number of halogens is 1. The van der Waals surface area contributed by atoms with Crippen molar-refractivity contribution in [3.05, 3.63) is 59.1 Å². The van der Waals surface area contributed by atoms with E-state index < -0.39 is 5.54 Å². The van der Waals surface area contributed by atoms with Crippen molar-refractivity contribution in [3.63, 3.8) is 0 Å². The minimum absolute atomic E-state index is 0.0314. The second kappa shape index (κ2) is 7.57. The van der Waals surface area contributed by atoms with E-state index in [4.69, 9.17) is 11.6 Å². The van der Waals surface area contributed by atoms with Crippen LogP contribution in [0, 0.1) is 0 Å². The van der Waals surface area contributed by atoms with Crippen LogP contribution in [0.3, 0.4) is 0 Å². The molecule has 1 atom stereocenters. The molecule has 1 spiro atoms. The van der Waals surface area contributed by atoms with Crippen LogP contribution in [0.5, 0.6) is 0 Å². The molecular weight excluding hydrogens is 374 g/mol. The largest absolute Gasteiger partial charge is 0.322 e. The SMILES string of the molecule is CC(NCC(=O)N1c2ccccc2NC(=O)C12CCCC2)c1cccc(Cl)c1. The Morgan fingerprint density at radius 2 is 1.96 bits per heavy atom. The Labute approximate surface area is 170 Å². The van der Waals surface area contributed by atoms with E-state index in [0.717, 1.165) is 24.1 Å². The Morgan fingerprint density at radius 1 is 1.21 bits per heavy atom. The highest BCUT2D eigenvalue weighted by Gasteiger charge is 2.51. The van der Waals surface area contributed by atoms with E-state index in [1.165, 1.54) is 0 Å². The van der Waals surface area contributed by atoms with Gasteiger partial charge < -0.3 is 10.6 Å². The van der Waals surface area contributed by atoms with E-state index >= 15 is 0 Å². The lowest BCUT2D eigenvalue weighted by atomic mass is 9.89. The fraction of sp³-hybridized carbons (Fsp3) is 0.364. The monoisotopic (exact) mass is 397 g/mol. The Bertz CT molecular complexity index is 908. The van der Waals surface area contributed by atoms with Gasteiger partial charge in [-0.1, -0.05) is 48.7 Å². The zero-order chi connectivity index (χ0) is 19.7. The molecule has 1 fully saturated rings. The van der Waals surface area contributed by atoms with Crippen LogP contribution in [0.2, 0.25) is 5.02 Å². The number of nitrogens with zero attached hydrogens (tertiary/aromatic N) is 1. The lowest BCUT2D eigenvalue weighted by Gasteiger charge is -2.44. The zero-order valence-electron chi connectivity index (χ0n) is 15.9. The van der Waals surface area contributed by atoms with Crippen LogP contribution < -0.4 is 15.5 Å². The third-order valence-corrected chi connectivity index (χ3v) is 6.07. The van der Waals surface area contributed by atoms with Gasteiger partial charge in [0.15, 0.2) is 0 Å². The van der Waals surface area contributed by atoms with Crippen LogP contribution in [0.15, 0.2) is 48.5 Å². The smallest absolute Gasteiger partial charge is 0.250 e. The van der Waals surface area contributed by atoms with Gasteiger partial charge in [0.05, 0.1) is 17.9 Å². The molecule has 1 saturated carbocycles. The van der Waals surface area contributed by atoms with Gasteiger partial charge in [-0.2, -0.15) is 0 Å². The molecule has 2 aromatic carbocycles. The molecule has 1 aliphatic heterocycles. The molecule has 28 heavy (non-hydrogen) atoms. The number of fused-ring (bicyclic) bond motifs is 1. The third-order valence-electron chi connectivity index (χ3n) is 5.83. The van der Waals surface area contributed by atoms with Crippen molar-refractivity contribution >= 4 is 34.8 Å². The van der Waals surface area contributed by atoms with Crippen LogP contribution >= 0.6 is 11.6 Å². The summed E-state index contributed by atoms with van der Waals surface area (Å²) < 4.78 is 0. The van der Waals surface area contributed by atoms with Crippen molar-refractivity contribution in [3.8, 4) is 0 Å². The maximum Gasteiger partial charge on any atom is 0.250 e. The van der Waals surface area contributed by atoms with E-state index in [2.05, 4.69) is 10.6 Å². The molecule has 0 aromatic heterocycles. The summed E-state index contributed by atoms with van der Waals surface area (Å²) in [4.78, 5) is 28.0. The first-order valence-corrected chi connectivity index (χ1v) is 10.1. The molecule has 1 aliphatic carbocycles. The molecule has 2 aliphatic rings. The molecule has 4 rings (SSSR count). The number of hydrogen-bond donors (Lipinski definition) is 2. The average molecular weight is 398 g/mol. The summed E-state index contributed by atoms with van der Waals surface area (Å²) in [5, 5.41) is 6.97. The van der Waals surface area contributed by atoms with E-state index in [9.17, 15) is 9.59 Å². The fourth-order valence-corrected chi connectivity index (χ4v) is 4.54. The summed E-state index contributed by atoms with van der Waals surface area (Å²) in [6.45, 7) is 2.15. The maximum absolute atomic E-state index is 13.3. The average Bonchev–Trinajstić information content (AvgIpc) is 3.17. The highest BCUT2D eigenvalue weighted by atomic mass is 35.5. The molecule has 1 unspecified atom stereocenters. The van der Waals surface area contributed by atoms with Gasteiger partial charge in [0.1, 0.15) is 5.54 Å². The molecule has 146 valence electrons. The second-order valence-corrected chi connectivity index (χ2v) is 8.03. The number of para-hydroxylation sites is 2. The number of hydrogen-bond acceptors (Lipinski definition) is 3. The highest BCUT2D eigenvalue weighted by Crippen LogP contribution is 2.45. The standard InChI is InChI=1S/C22H24ClN3O2/c1-15(16-7-6-8-17(23)13-16)24-14-20(27)26-19-10-3-2-9-18(19)25-21(28)22(26)11-4-5-12-22/h2-3,6-10,13,15,24H,4-5,11-12,14H2,1H3,(H,25,28). The van der Waals surface area contributed by atoms with Gasteiger partial charge >= 0.3 is 0 Å². The van der Waals surface area contributed by atoms with Crippen LogP contribution in [0.25, 0.3) is 0 Å². The maximum atomic E-state index is 13.3. The molecule has 2 aromatic rings. The van der Waals surface area contributed by atoms with Gasteiger partial charge in [0.25, 0.3) is 5.91 Å². The molecule has 1 heterocycles. The van der Waals surface area contributed by atoms with Crippen LogP contribution in [0.1, 0.15) is 44.2 Å². The summed E-state index contributed by atoms with van der Waals surface area (Å²) in [5.41, 5.74) is 1.73. The molecular formula is C22H24ClN3O2. The molecule has 0 radical (unpaired) electrons. The lowest BCUT2D eigenvalue weighted by Crippen LogP contribution is -2.62. The topological polar surface area (TPSA) is 61.4 Å². The number of rotatable bonds is 4. The number of carbonyl (C=O) groups is 2. The fourth-order valence-electron chi connectivity index (χ4n) is 4.34. The van der Waals surface area contributed by atoms with Gasteiger partial charge in [-0.15, -0.1) is 0 Å². The van der Waals surface area contributed by atoms with Gasteiger partial charge in [0, 0.05) is 11.1 Å². The van der Waals surface area contributed by atoms with Gasteiger partial charge in [-0.05, 0) is 49.6 Å². The zero-order valence-corrected chi connectivity index (χ0v) is 16.6. The Hall–Kier alpha value is -2.37. The number of amides is 2. The molecule has 5 nitrogen and oxygen atoms in total. The van der Waals surface area contributed by atoms with Crippen molar-refractivity contribution < 1.29 is 9.59 Å². The number of anilines is 2. The number of benzene rings is 2. The second-order valence-electron chi connectivity index (χ2n) is 7.60. The van der Waals surface area contributed by atoms with E-state index in [-0.39, 0.29) is 24.4 Å². The molecule has 0 saturated heterocycles. The number of carbonyl (C=O) groups excluding carboxylic acids is 2. The molecule has 6 heteroatoms. The Balaban J connectivity index is 1.58. The Morgan fingerprint density at radius 3 is 2.71 bits per heavy atom. The minimum atomic E-state index is -0.771. The van der Waals surface area contributed by atoms with Crippen LogP contribution in [-0.2, 0) is 9.59 Å². The minimum Gasteiger partial charge on any atom is -0.322 e. The van der Waals surface area contributed by atoms with Gasteiger partial charge in [0.2, 0.25) is 5.91 Å². The van der Waals surface area contributed by atoms with Crippen molar-refractivity contribution in [2.24, 2.45) is 0 Å². The van der Waals surface area contributed by atoms with Crippen molar-refractivity contribution in [1.29, 1.82) is 0 Å². The molecule has 0 bridgehead atoms. The summed E-state index contributed by atoms with van der Waals surface area (Å²) in [7, 11) is 0. The Kier molecular flexibility index (Phi) is 5.13. The molecule has 2 amide bonds. The first-order chi connectivity index (χ1) is 13.5. The van der Waals surface area contributed by atoms with E-state index in [1.54, 1.807) is 4.90 Å². The highest BCUT2D eigenvalue weighted by molar-refractivity contribution is 6.30. The van der Waals surface area contributed by atoms with Crippen molar-refractivity contribution in [2.75, 3.05) is 16.8 Å². The quantitative estimate of drug-likeness (QED) is 0.809. The van der Waals surface area contributed by atoms with Crippen molar-refractivity contribution in [1.82, 2.24) is 5.32 Å². The number of nitrogens with one attached hydrogen (secondary N) is 2. The molecule has 2 N–H and O–H groups in total. The predicted octanol–water partition coefficient (Wildman–Crippen LogP) is 4.29. The van der Waals surface area contributed by atoms with E-state index in [0.29, 0.717) is 23.6 Å².